The van der Waals surface area contributed by atoms with E-state index in [0.29, 0.717) is 12.6 Å². The zero-order valence-corrected chi connectivity index (χ0v) is 19.5. The van der Waals surface area contributed by atoms with E-state index in [-0.39, 0.29) is 0 Å². The summed E-state index contributed by atoms with van der Waals surface area (Å²) in [6, 6.07) is 21.5. The molecule has 0 bridgehead atoms. The second-order valence-corrected chi connectivity index (χ2v) is 8.42. The highest BCUT2D eigenvalue weighted by atomic mass is 15.3. The molecule has 4 rings (SSSR count). The van der Waals surface area contributed by atoms with Crippen molar-refractivity contribution >= 4 is 5.96 Å². The summed E-state index contributed by atoms with van der Waals surface area (Å²) in [5, 5.41) is 15.4. The molecule has 1 saturated heterocycles. The molecule has 1 fully saturated rings. The van der Waals surface area contributed by atoms with Crippen LogP contribution in [0.15, 0.2) is 72.0 Å². The van der Waals surface area contributed by atoms with Gasteiger partial charge in [0.2, 0.25) is 0 Å². The summed E-state index contributed by atoms with van der Waals surface area (Å²) in [6.07, 6.45) is 5.22. The van der Waals surface area contributed by atoms with Gasteiger partial charge in [-0.15, -0.1) is 10.2 Å². The molecule has 2 N–H and O–H groups in total. The lowest BCUT2D eigenvalue weighted by Crippen LogP contribution is -2.43. The highest BCUT2D eigenvalue weighted by molar-refractivity contribution is 5.79. The summed E-state index contributed by atoms with van der Waals surface area (Å²) in [6.45, 7) is 7.42. The van der Waals surface area contributed by atoms with Gasteiger partial charge in [0.25, 0.3) is 0 Å². The second kappa shape index (κ2) is 12.2. The third kappa shape index (κ3) is 6.65. The number of nitrogens with zero attached hydrogens (tertiary/aromatic N) is 5. The van der Waals surface area contributed by atoms with Gasteiger partial charge in [-0.25, -0.2) is 4.99 Å². The van der Waals surface area contributed by atoms with E-state index in [9.17, 15) is 0 Å². The molecule has 7 heteroatoms. The molecule has 7 nitrogen and oxygen atoms in total. The van der Waals surface area contributed by atoms with Crippen molar-refractivity contribution in [3.63, 3.8) is 0 Å². The maximum Gasteiger partial charge on any atom is 0.191 e. The van der Waals surface area contributed by atoms with E-state index in [1.54, 1.807) is 6.33 Å². The smallest absolute Gasteiger partial charge is 0.191 e. The van der Waals surface area contributed by atoms with Gasteiger partial charge in [0.05, 0.1) is 12.6 Å². The lowest BCUT2D eigenvalue weighted by atomic mass is 10.1. The number of hydrogen-bond acceptors (Lipinski definition) is 4. The predicted molar refractivity (Wildman–Crippen MR) is 133 cm³/mol. The summed E-state index contributed by atoms with van der Waals surface area (Å²) in [4.78, 5) is 7.47. The van der Waals surface area contributed by atoms with Crippen LogP contribution in [0.2, 0.25) is 0 Å². The van der Waals surface area contributed by atoms with Crippen LogP contribution < -0.4 is 10.6 Å². The topological polar surface area (TPSA) is 70.4 Å². The molecule has 0 radical (unpaired) electrons. The minimum atomic E-state index is 0.335. The van der Waals surface area contributed by atoms with Gasteiger partial charge >= 0.3 is 0 Å². The normalized spacial score (nSPS) is 15.5. The summed E-state index contributed by atoms with van der Waals surface area (Å²) in [5.74, 6) is 1.84. The predicted octanol–water partition coefficient (Wildman–Crippen LogP) is 3.41. The van der Waals surface area contributed by atoms with E-state index in [1.807, 2.05) is 6.07 Å². The standard InChI is InChI=1S/C26H35N7/c1-2-25-31-30-21-33(25)18-15-27-26(28-19-22-11-5-3-6-12-22)29-20-24(32-16-9-10-17-32)23-13-7-4-8-14-23/h3-8,11-14,21,24H,2,9-10,15-20H2,1H3,(H2,27,28,29). The third-order valence-corrected chi connectivity index (χ3v) is 6.15. The molecule has 33 heavy (non-hydrogen) atoms. The number of benzene rings is 2. The van der Waals surface area contributed by atoms with E-state index in [1.165, 1.54) is 24.0 Å². The van der Waals surface area contributed by atoms with Crippen molar-refractivity contribution in [2.24, 2.45) is 4.99 Å². The van der Waals surface area contributed by atoms with Gasteiger partial charge in [0.1, 0.15) is 12.2 Å². The SMILES string of the molecule is CCc1nncn1CCNC(=NCc1ccccc1)NCC(c1ccccc1)N1CCCC1. The fourth-order valence-electron chi connectivity index (χ4n) is 4.34. The average Bonchev–Trinajstić information content (AvgIpc) is 3.56. The Kier molecular flexibility index (Phi) is 8.47. The van der Waals surface area contributed by atoms with Gasteiger partial charge in [0.15, 0.2) is 5.96 Å². The molecule has 0 saturated carbocycles. The molecule has 1 aromatic heterocycles. The van der Waals surface area contributed by atoms with Crippen LogP contribution in [0.4, 0.5) is 0 Å². The zero-order chi connectivity index (χ0) is 22.7. The Morgan fingerprint density at radius 3 is 2.45 bits per heavy atom. The lowest BCUT2D eigenvalue weighted by Gasteiger charge is -2.29. The van der Waals surface area contributed by atoms with Crippen molar-refractivity contribution < 1.29 is 0 Å². The van der Waals surface area contributed by atoms with Crippen LogP contribution in [-0.4, -0.2) is 51.8 Å². The van der Waals surface area contributed by atoms with Crippen LogP contribution in [-0.2, 0) is 19.5 Å². The highest BCUT2D eigenvalue weighted by Gasteiger charge is 2.23. The summed E-state index contributed by atoms with van der Waals surface area (Å²) < 4.78 is 2.10. The Morgan fingerprint density at radius 2 is 1.73 bits per heavy atom. The number of aryl methyl sites for hydroxylation is 1. The molecule has 1 aliphatic heterocycles. The molecule has 1 unspecified atom stereocenters. The molecule has 1 atom stereocenters. The average molecular weight is 446 g/mol. The van der Waals surface area contributed by atoms with E-state index in [0.717, 1.165) is 50.9 Å². The van der Waals surface area contributed by atoms with Crippen molar-refractivity contribution in [1.29, 1.82) is 0 Å². The number of nitrogens with one attached hydrogen (secondary N) is 2. The zero-order valence-electron chi connectivity index (χ0n) is 19.5. The molecule has 0 aliphatic carbocycles. The first-order valence-electron chi connectivity index (χ1n) is 12.0. The van der Waals surface area contributed by atoms with Gasteiger partial charge in [0, 0.05) is 26.1 Å². The Labute approximate surface area is 197 Å². The monoisotopic (exact) mass is 445 g/mol. The Bertz CT molecular complexity index is 978. The molecule has 174 valence electrons. The molecular formula is C26H35N7. The van der Waals surface area contributed by atoms with E-state index in [2.05, 4.69) is 91.8 Å². The first kappa shape index (κ1) is 23.0. The van der Waals surface area contributed by atoms with Crippen molar-refractivity contribution in [1.82, 2.24) is 30.3 Å². The van der Waals surface area contributed by atoms with Gasteiger partial charge < -0.3 is 15.2 Å². The molecule has 1 aliphatic rings. The Hall–Kier alpha value is -3.19. The van der Waals surface area contributed by atoms with Gasteiger partial charge in [-0.2, -0.15) is 0 Å². The Morgan fingerprint density at radius 1 is 1.00 bits per heavy atom. The molecule has 2 aromatic carbocycles. The van der Waals surface area contributed by atoms with Crippen LogP contribution in [0.1, 0.15) is 42.8 Å². The van der Waals surface area contributed by atoms with Crippen LogP contribution in [0.5, 0.6) is 0 Å². The largest absolute Gasteiger partial charge is 0.355 e. The summed E-state index contributed by atoms with van der Waals surface area (Å²) in [5.41, 5.74) is 2.55. The van der Waals surface area contributed by atoms with Crippen LogP contribution in [0.25, 0.3) is 0 Å². The van der Waals surface area contributed by atoms with Gasteiger partial charge in [-0.1, -0.05) is 67.6 Å². The first-order chi connectivity index (χ1) is 16.3. The molecular weight excluding hydrogens is 410 g/mol. The first-order valence-corrected chi connectivity index (χ1v) is 12.0. The van der Waals surface area contributed by atoms with Crippen LogP contribution in [0.3, 0.4) is 0 Å². The quantitative estimate of drug-likeness (QED) is 0.370. The van der Waals surface area contributed by atoms with Crippen LogP contribution in [0, 0.1) is 0 Å². The summed E-state index contributed by atoms with van der Waals surface area (Å²) >= 11 is 0. The maximum absolute atomic E-state index is 4.88. The highest BCUT2D eigenvalue weighted by Crippen LogP contribution is 2.24. The van der Waals surface area contributed by atoms with Crippen molar-refractivity contribution in [3.05, 3.63) is 83.9 Å². The summed E-state index contributed by atoms with van der Waals surface area (Å²) in [7, 11) is 0. The van der Waals surface area contributed by atoms with E-state index >= 15 is 0 Å². The molecule has 0 spiro atoms. The number of rotatable bonds is 10. The molecule has 3 aromatic rings. The number of hydrogen-bond donors (Lipinski definition) is 2. The fourth-order valence-corrected chi connectivity index (χ4v) is 4.34. The number of guanidine groups is 1. The van der Waals surface area contributed by atoms with Gasteiger partial charge in [-0.3, -0.25) is 4.90 Å². The number of aromatic nitrogens is 3. The second-order valence-electron chi connectivity index (χ2n) is 8.42. The number of likely N-dealkylation sites (tertiary alicyclic amines) is 1. The molecule has 2 heterocycles. The minimum Gasteiger partial charge on any atom is -0.355 e. The molecule has 0 amide bonds. The third-order valence-electron chi connectivity index (χ3n) is 6.15. The van der Waals surface area contributed by atoms with Gasteiger partial charge in [-0.05, 0) is 37.1 Å². The van der Waals surface area contributed by atoms with E-state index < -0.39 is 0 Å². The van der Waals surface area contributed by atoms with E-state index in [4.69, 9.17) is 4.99 Å². The Balaban J connectivity index is 1.43. The van der Waals surface area contributed by atoms with Crippen molar-refractivity contribution in [2.75, 3.05) is 26.2 Å². The fraction of sp³-hybridized carbons (Fsp3) is 0.423. The van der Waals surface area contributed by atoms with Crippen molar-refractivity contribution in [2.45, 2.75) is 45.3 Å². The minimum absolute atomic E-state index is 0.335. The lowest BCUT2D eigenvalue weighted by molar-refractivity contribution is 0.245. The van der Waals surface area contributed by atoms with Crippen molar-refractivity contribution in [3.8, 4) is 0 Å². The van der Waals surface area contributed by atoms with Crippen LogP contribution >= 0.6 is 0 Å². The number of aliphatic imine (C=N–C) groups is 1. The maximum atomic E-state index is 4.88.